The van der Waals surface area contributed by atoms with Crippen molar-refractivity contribution in [2.24, 2.45) is 18.9 Å². The molecule has 0 spiro atoms. The van der Waals surface area contributed by atoms with Crippen molar-refractivity contribution in [1.82, 2.24) is 19.7 Å². The van der Waals surface area contributed by atoms with E-state index < -0.39 is 5.60 Å². The molecule has 0 unspecified atom stereocenters. The van der Waals surface area contributed by atoms with Crippen LogP contribution in [0.5, 0.6) is 0 Å². The molecule has 1 saturated carbocycles. The second-order valence-corrected chi connectivity index (χ2v) is 7.22. The molecule has 2 fully saturated rings. The topological polar surface area (TPSA) is 67.1 Å². The third kappa shape index (κ3) is 2.23. The molecule has 1 N–H and O–H groups in total. The quantitative estimate of drug-likeness (QED) is 0.918. The molecule has 2 aromatic rings. The second kappa shape index (κ2) is 5.16. The first-order valence-electron chi connectivity index (χ1n) is 8.65. The van der Waals surface area contributed by atoms with Gasteiger partial charge < -0.3 is 10.0 Å². The molecule has 6 nitrogen and oxygen atoms in total. The Morgan fingerprint density at radius 3 is 2.96 bits per heavy atom. The average molecular weight is 315 g/mol. The zero-order valence-corrected chi connectivity index (χ0v) is 14.2. The highest BCUT2D eigenvalue weighted by Gasteiger charge is 2.48. The van der Waals surface area contributed by atoms with Gasteiger partial charge in [-0.05, 0) is 32.1 Å². The fourth-order valence-electron chi connectivity index (χ4n) is 4.59. The molecule has 4 rings (SSSR count). The molecule has 1 aliphatic carbocycles. The second-order valence-electron chi connectivity index (χ2n) is 7.22. The molecule has 1 aliphatic heterocycles. The van der Waals surface area contributed by atoms with Gasteiger partial charge in [0.05, 0.1) is 17.2 Å². The van der Waals surface area contributed by atoms with Gasteiger partial charge in [-0.25, -0.2) is 9.97 Å². The van der Waals surface area contributed by atoms with Gasteiger partial charge in [0.15, 0.2) is 5.65 Å². The summed E-state index contributed by atoms with van der Waals surface area (Å²) in [7, 11) is 1.91. The minimum Gasteiger partial charge on any atom is -0.390 e. The highest BCUT2D eigenvalue weighted by molar-refractivity contribution is 5.87. The van der Waals surface area contributed by atoms with E-state index in [-0.39, 0.29) is 0 Å². The molecule has 3 heterocycles. The summed E-state index contributed by atoms with van der Waals surface area (Å²) in [4.78, 5) is 11.6. The van der Waals surface area contributed by atoms with Gasteiger partial charge in [0.2, 0.25) is 0 Å². The first-order valence-corrected chi connectivity index (χ1v) is 8.65. The lowest BCUT2D eigenvalue weighted by atomic mass is 9.69. The van der Waals surface area contributed by atoms with Gasteiger partial charge in [-0.3, -0.25) is 4.68 Å². The van der Waals surface area contributed by atoms with Crippen LogP contribution in [0.3, 0.4) is 0 Å². The summed E-state index contributed by atoms with van der Waals surface area (Å²) in [5, 5.41) is 16.4. The van der Waals surface area contributed by atoms with Gasteiger partial charge >= 0.3 is 0 Å². The Morgan fingerprint density at radius 1 is 1.35 bits per heavy atom. The molecule has 2 aromatic heterocycles. The maximum atomic E-state index is 11.0. The fourth-order valence-corrected chi connectivity index (χ4v) is 4.59. The van der Waals surface area contributed by atoms with Crippen LogP contribution in [0.2, 0.25) is 0 Å². The standard InChI is InChI=1S/C17H25N5O/c1-4-17(23)7-5-6-12-9-22(10-14(12)17)16-13-8-18-21(3)15(13)19-11(2)20-16/h8,12,14,23H,4-7,9-10H2,1-3H3/t12-,14+,17-/m0/s1. The van der Waals surface area contributed by atoms with E-state index in [0.29, 0.717) is 11.8 Å². The van der Waals surface area contributed by atoms with Crippen LogP contribution in [0.15, 0.2) is 6.20 Å². The first-order chi connectivity index (χ1) is 11.0. The van der Waals surface area contributed by atoms with Crippen LogP contribution in [-0.4, -0.2) is 43.5 Å². The van der Waals surface area contributed by atoms with Crippen molar-refractivity contribution < 1.29 is 5.11 Å². The molecule has 23 heavy (non-hydrogen) atoms. The number of aromatic nitrogens is 4. The first kappa shape index (κ1) is 14.9. The van der Waals surface area contributed by atoms with Crippen molar-refractivity contribution in [2.75, 3.05) is 18.0 Å². The third-order valence-corrected chi connectivity index (χ3v) is 5.91. The predicted octanol–water partition coefficient (Wildman–Crippen LogP) is 2.05. The number of rotatable bonds is 2. The Morgan fingerprint density at radius 2 is 2.17 bits per heavy atom. The van der Waals surface area contributed by atoms with Crippen molar-refractivity contribution in [1.29, 1.82) is 0 Å². The van der Waals surface area contributed by atoms with E-state index in [1.807, 2.05) is 20.2 Å². The molecule has 0 radical (unpaired) electrons. The van der Waals surface area contributed by atoms with E-state index in [1.165, 1.54) is 6.42 Å². The SMILES string of the molecule is CC[C@]1(O)CCC[C@H]2CN(c3nc(C)nc4c3cnn4C)C[C@H]21. The highest BCUT2D eigenvalue weighted by Crippen LogP contribution is 2.45. The van der Waals surface area contributed by atoms with Gasteiger partial charge in [0.25, 0.3) is 0 Å². The van der Waals surface area contributed by atoms with Crippen LogP contribution >= 0.6 is 0 Å². The smallest absolute Gasteiger partial charge is 0.163 e. The largest absolute Gasteiger partial charge is 0.390 e. The Hall–Kier alpha value is -1.69. The normalized spacial score (nSPS) is 30.9. The Balaban J connectivity index is 1.73. The maximum absolute atomic E-state index is 11.0. The van der Waals surface area contributed by atoms with Crippen LogP contribution in [0.1, 0.15) is 38.4 Å². The Kier molecular flexibility index (Phi) is 3.34. The van der Waals surface area contributed by atoms with Crippen molar-refractivity contribution in [3.05, 3.63) is 12.0 Å². The predicted molar refractivity (Wildman–Crippen MR) is 89.3 cm³/mol. The van der Waals surface area contributed by atoms with E-state index in [9.17, 15) is 5.11 Å². The average Bonchev–Trinajstić information content (AvgIpc) is 3.12. The number of nitrogens with zero attached hydrogens (tertiary/aromatic N) is 5. The number of anilines is 1. The lowest BCUT2D eigenvalue weighted by molar-refractivity contribution is -0.0597. The van der Waals surface area contributed by atoms with Crippen molar-refractivity contribution in [2.45, 2.75) is 45.1 Å². The minimum atomic E-state index is -0.506. The number of aryl methyl sites for hydroxylation is 2. The van der Waals surface area contributed by atoms with Crippen LogP contribution in [0, 0.1) is 18.8 Å². The summed E-state index contributed by atoms with van der Waals surface area (Å²) < 4.78 is 1.80. The summed E-state index contributed by atoms with van der Waals surface area (Å²) in [5.41, 5.74) is 0.376. The number of hydrogen-bond donors (Lipinski definition) is 1. The zero-order chi connectivity index (χ0) is 16.2. The molecule has 0 aromatic carbocycles. The molecule has 2 aliphatic rings. The number of fused-ring (bicyclic) bond motifs is 2. The van der Waals surface area contributed by atoms with Crippen LogP contribution < -0.4 is 4.90 Å². The van der Waals surface area contributed by atoms with E-state index in [2.05, 4.69) is 21.9 Å². The van der Waals surface area contributed by atoms with Gasteiger partial charge in [-0.15, -0.1) is 0 Å². The molecule has 124 valence electrons. The fraction of sp³-hybridized carbons (Fsp3) is 0.706. The molecular formula is C17H25N5O. The molecule has 0 amide bonds. The summed E-state index contributed by atoms with van der Waals surface area (Å²) in [6, 6.07) is 0. The maximum Gasteiger partial charge on any atom is 0.163 e. The van der Waals surface area contributed by atoms with Crippen molar-refractivity contribution in [3.63, 3.8) is 0 Å². The molecule has 3 atom stereocenters. The van der Waals surface area contributed by atoms with Crippen molar-refractivity contribution in [3.8, 4) is 0 Å². The van der Waals surface area contributed by atoms with Crippen molar-refractivity contribution >= 4 is 16.9 Å². The molecule has 6 heteroatoms. The van der Waals surface area contributed by atoms with Gasteiger partial charge in [-0.1, -0.05) is 13.3 Å². The number of aliphatic hydroxyl groups is 1. The summed E-state index contributed by atoms with van der Waals surface area (Å²) in [6.45, 7) is 5.91. The summed E-state index contributed by atoms with van der Waals surface area (Å²) in [5.74, 6) is 2.67. The lowest BCUT2D eigenvalue weighted by Gasteiger charge is -2.40. The van der Waals surface area contributed by atoms with E-state index in [1.54, 1.807) is 4.68 Å². The van der Waals surface area contributed by atoms with Gasteiger partial charge in [-0.2, -0.15) is 5.10 Å². The van der Waals surface area contributed by atoms with Crippen LogP contribution in [0.25, 0.3) is 11.0 Å². The highest BCUT2D eigenvalue weighted by atomic mass is 16.3. The Labute approximate surface area is 136 Å². The summed E-state index contributed by atoms with van der Waals surface area (Å²) >= 11 is 0. The molecule has 1 saturated heterocycles. The third-order valence-electron chi connectivity index (χ3n) is 5.91. The number of hydrogen-bond acceptors (Lipinski definition) is 5. The van der Waals surface area contributed by atoms with E-state index >= 15 is 0 Å². The monoisotopic (exact) mass is 315 g/mol. The molecular weight excluding hydrogens is 290 g/mol. The Bertz CT molecular complexity index is 742. The lowest BCUT2D eigenvalue weighted by Crippen LogP contribution is -2.44. The minimum absolute atomic E-state index is 0.350. The van der Waals surface area contributed by atoms with Crippen LogP contribution in [-0.2, 0) is 7.05 Å². The van der Waals surface area contributed by atoms with Gasteiger partial charge in [0.1, 0.15) is 11.6 Å². The zero-order valence-electron chi connectivity index (χ0n) is 14.2. The molecule has 0 bridgehead atoms. The van der Waals surface area contributed by atoms with Gasteiger partial charge in [0, 0.05) is 26.1 Å². The van der Waals surface area contributed by atoms with E-state index in [0.717, 1.165) is 55.0 Å². The summed E-state index contributed by atoms with van der Waals surface area (Å²) in [6.07, 6.45) is 5.98. The van der Waals surface area contributed by atoms with E-state index in [4.69, 9.17) is 4.98 Å². The van der Waals surface area contributed by atoms with Crippen LogP contribution in [0.4, 0.5) is 5.82 Å².